The summed E-state index contributed by atoms with van der Waals surface area (Å²) in [7, 11) is 3.40. The largest absolute Gasteiger partial charge is 0.444 e. The normalized spacial score (nSPS) is 13.4. The standard InChI is InChI=1S/C26H38N6O4/c1-26(2,3)36-25(35)32-20(11-8-14-30-24(28-4)29-5)23(34)31-21(22(27)33)16-17-12-13-18-9-6-7-10-19(18)15-17/h6-7,9-10,12-13,15,20-21H,8,11,14,16H2,1-5H3,(H2,27,33)(H,31,34)(H,32,35)(H2,28,29,30)/t20-,21+/m0/s1. The Morgan fingerprint density at radius 1 is 1.03 bits per heavy atom. The second kappa shape index (κ2) is 13.3. The number of ether oxygens (including phenoxy) is 1. The zero-order chi connectivity index (χ0) is 26.7. The van der Waals surface area contributed by atoms with Gasteiger partial charge in [-0.05, 0) is 49.9 Å². The number of fused-ring (bicyclic) bond motifs is 1. The van der Waals surface area contributed by atoms with Gasteiger partial charge in [-0.2, -0.15) is 0 Å². The van der Waals surface area contributed by atoms with Crippen molar-refractivity contribution in [1.29, 1.82) is 0 Å². The van der Waals surface area contributed by atoms with Gasteiger partial charge in [-0.3, -0.25) is 14.6 Å². The third kappa shape index (κ3) is 9.44. The van der Waals surface area contributed by atoms with Crippen molar-refractivity contribution in [3.63, 3.8) is 0 Å². The first-order valence-electron chi connectivity index (χ1n) is 12.0. The van der Waals surface area contributed by atoms with Crippen molar-refractivity contribution < 1.29 is 19.1 Å². The highest BCUT2D eigenvalue weighted by atomic mass is 16.6. The van der Waals surface area contributed by atoms with E-state index in [4.69, 9.17) is 10.5 Å². The van der Waals surface area contributed by atoms with E-state index in [2.05, 4.69) is 26.3 Å². The number of carbonyl (C=O) groups is 3. The van der Waals surface area contributed by atoms with Gasteiger partial charge in [-0.1, -0.05) is 42.5 Å². The summed E-state index contributed by atoms with van der Waals surface area (Å²) < 4.78 is 5.32. The molecule has 0 saturated carbocycles. The summed E-state index contributed by atoms with van der Waals surface area (Å²) in [5, 5.41) is 13.4. The van der Waals surface area contributed by atoms with E-state index in [1.54, 1.807) is 34.9 Å². The molecular formula is C26H38N6O4. The van der Waals surface area contributed by atoms with Gasteiger partial charge >= 0.3 is 6.09 Å². The van der Waals surface area contributed by atoms with Gasteiger partial charge in [0.2, 0.25) is 11.8 Å². The number of guanidine groups is 1. The van der Waals surface area contributed by atoms with Gasteiger partial charge in [0.25, 0.3) is 0 Å². The van der Waals surface area contributed by atoms with E-state index < -0.39 is 35.6 Å². The van der Waals surface area contributed by atoms with Crippen molar-refractivity contribution in [2.75, 3.05) is 20.6 Å². The van der Waals surface area contributed by atoms with Crippen molar-refractivity contribution in [3.8, 4) is 0 Å². The zero-order valence-corrected chi connectivity index (χ0v) is 21.7. The minimum absolute atomic E-state index is 0.227. The second-order valence-corrected chi connectivity index (χ2v) is 9.44. The Labute approximate surface area is 212 Å². The number of hydrogen-bond donors (Lipinski definition) is 5. The summed E-state index contributed by atoms with van der Waals surface area (Å²) in [6.07, 6.45) is 0.359. The predicted molar refractivity (Wildman–Crippen MR) is 142 cm³/mol. The van der Waals surface area contributed by atoms with Gasteiger partial charge in [0, 0.05) is 27.1 Å². The highest BCUT2D eigenvalue weighted by Gasteiger charge is 2.27. The first-order chi connectivity index (χ1) is 17.0. The Morgan fingerprint density at radius 3 is 2.33 bits per heavy atom. The van der Waals surface area contributed by atoms with E-state index >= 15 is 0 Å². The Kier molecular flexibility index (Phi) is 10.5. The zero-order valence-electron chi connectivity index (χ0n) is 21.7. The molecular weight excluding hydrogens is 460 g/mol. The molecule has 0 fully saturated rings. The van der Waals surface area contributed by atoms with Gasteiger partial charge in [0.05, 0.1) is 0 Å². The molecule has 0 aliphatic rings. The monoisotopic (exact) mass is 498 g/mol. The van der Waals surface area contributed by atoms with Crippen LogP contribution in [0.4, 0.5) is 4.79 Å². The lowest BCUT2D eigenvalue weighted by Crippen LogP contribution is -2.54. The van der Waals surface area contributed by atoms with E-state index in [0.29, 0.717) is 25.3 Å². The maximum atomic E-state index is 13.2. The van der Waals surface area contributed by atoms with Crippen LogP contribution >= 0.6 is 0 Å². The maximum Gasteiger partial charge on any atom is 0.408 e. The third-order valence-corrected chi connectivity index (χ3v) is 5.34. The molecule has 2 rings (SSSR count). The van der Waals surface area contributed by atoms with Gasteiger partial charge in [0.15, 0.2) is 5.96 Å². The Bertz CT molecular complexity index is 1080. The van der Waals surface area contributed by atoms with E-state index in [-0.39, 0.29) is 6.42 Å². The highest BCUT2D eigenvalue weighted by molar-refractivity contribution is 5.91. The van der Waals surface area contributed by atoms with Gasteiger partial charge in [-0.25, -0.2) is 4.79 Å². The quantitative estimate of drug-likeness (QED) is 0.192. The van der Waals surface area contributed by atoms with Gasteiger partial charge in [-0.15, -0.1) is 0 Å². The van der Waals surface area contributed by atoms with Crippen molar-refractivity contribution in [2.24, 2.45) is 10.7 Å². The summed E-state index contributed by atoms with van der Waals surface area (Å²) >= 11 is 0. The Hall–Kier alpha value is -3.82. The average Bonchev–Trinajstić information content (AvgIpc) is 2.81. The second-order valence-electron chi connectivity index (χ2n) is 9.44. The molecule has 0 bridgehead atoms. The van der Waals surface area contributed by atoms with E-state index in [1.165, 1.54) is 0 Å². The number of primary amides is 1. The minimum atomic E-state index is -0.942. The number of nitrogens with one attached hydrogen (secondary N) is 4. The molecule has 2 atom stereocenters. The molecule has 6 N–H and O–H groups in total. The maximum absolute atomic E-state index is 13.2. The summed E-state index contributed by atoms with van der Waals surface area (Å²) in [6, 6.07) is 11.8. The fourth-order valence-electron chi connectivity index (χ4n) is 3.61. The number of nitrogens with zero attached hydrogens (tertiary/aromatic N) is 1. The van der Waals surface area contributed by atoms with Crippen molar-refractivity contribution in [3.05, 3.63) is 48.0 Å². The number of aliphatic imine (C=N–C) groups is 1. The van der Waals surface area contributed by atoms with Crippen LogP contribution in [0.25, 0.3) is 10.8 Å². The summed E-state index contributed by atoms with van der Waals surface area (Å²) in [6.45, 7) is 5.73. The van der Waals surface area contributed by atoms with Gasteiger partial charge < -0.3 is 31.7 Å². The molecule has 0 radical (unpaired) electrons. The molecule has 196 valence electrons. The topological polar surface area (TPSA) is 147 Å². The molecule has 0 aliphatic carbocycles. The molecule has 10 nitrogen and oxygen atoms in total. The predicted octanol–water partition coefficient (Wildman–Crippen LogP) is 1.82. The SMILES string of the molecule is CN=C(NC)NCCC[C@H](NC(=O)OC(C)(C)C)C(=O)N[C@H](Cc1ccc2ccccc2c1)C(N)=O. The van der Waals surface area contributed by atoms with Crippen LogP contribution in [0.3, 0.4) is 0 Å². The lowest BCUT2D eigenvalue weighted by molar-refractivity contribution is -0.128. The fraction of sp³-hybridized carbons (Fsp3) is 0.462. The number of amides is 3. The average molecular weight is 499 g/mol. The molecule has 2 aromatic rings. The van der Waals surface area contributed by atoms with Crippen LogP contribution in [0.2, 0.25) is 0 Å². The number of nitrogens with two attached hydrogens (primary N) is 1. The Morgan fingerprint density at radius 2 is 1.72 bits per heavy atom. The van der Waals surface area contributed by atoms with Crippen LogP contribution in [0.1, 0.15) is 39.2 Å². The summed E-state index contributed by atoms with van der Waals surface area (Å²) in [4.78, 5) is 41.8. The molecule has 0 saturated heterocycles. The highest BCUT2D eigenvalue weighted by Crippen LogP contribution is 2.17. The molecule has 0 aromatic heterocycles. The molecule has 0 heterocycles. The molecule has 2 aromatic carbocycles. The van der Waals surface area contributed by atoms with E-state index in [0.717, 1.165) is 16.3 Å². The van der Waals surface area contributed by atoms with Crippen LogP contribution in [0.15, 0.2) is 47.5 Å². The fourth-order valence-corrected chi connectivity index (χ4v) is 3.61. The molecule has 10 heteroatoms. The van der Waals surface area contributed by atoms with Crippen molar-refractivity contribution in [2.45, 2.75) is 57.7 Å². The van der Waals surface area contributed by atoms with Crippen LogP contribution < -0.4 is 27.0 Å². The number of rotatable bonds is 10. The van der Waals surface area contributed by atoms with Crippen molar-refractivity contribution in [1.82, 2.24) is 21.3 Å². The molecule has 36 heavy (non-hydrogen) atoms. The van der Waals surface area contributed by atoms with E-state index in [9.17, 15) is 14.4 Å². The number of carbonyl (C=O) groups excluding carboxylic acids is 3. The van der Waals surface area contributed by atoms with Gasteiger partial charge in [0.1, 0.15) is 17.7 Å². The van der Waals surface area contributed by atoms with Crippen LogP contribution in [-0.4, -0.2) is 62.2 Å². The first kappa shape index (κ1) is 28.4. The summed E-state index contributed by atoms with van der Waals surface area (Å²) in [5.41, 5.74) is 5.75. The van der Waals surface area contributed by atoms with Crippen LogP contribution in [0, 0.1) is 0 Å². The number of alkyl carbamates (subject to hydrolysis) is 1. The number of benzene rings is 2. The van der Waals surface area contributed by atoms with Crippen LogP contribution in [-0.2, 0) is 20.7 Å². The van der Waals surface area contributed by atoms with Crippen LogP contribution in [0.5, 0.6) is 0 Å². The lowest BCUT2D eigenvalue weighted by Gasteiger charge is -2.25. The minimum Gasteiger partial charge on any atom is -0.444 e. The van der Waals surface area contributed by atoms with Crippen molar-refractivity contribution >= 4 is 34.6 Å². The van der Waals surface area contributed by atoms with E-state index in [1.807, 2.05) is 42.5 Å². The number of hydrogen-bond acceptors (Lipinski definition) is 5. The smallest absolute Gasteiger partial charge is 0.408 e. The third-order valence-electron chi connectivity index (χ3n) is 5.34. The lowest BCUT2D eigenvalue weighted by atomic mass is 10.0. The molecule has 0 aliphatic heterocycles. The molecule has 0 unspecified atom stereocenters. The molecule has 0 spiro atoms. The first-order valence-corrected chi connectivity index (χ1v) is 12.0. The summed E-state index contributed by atoms with van der Waals surface area (Å²) in [5.74, 6) is -0.559. The Balaban J connectivity index is 2.10. The molecule has 3 amide bonds.